The molecule has 0 fully saturated rings. The summed E-state index contributed by atoms with van der Waals surface area (Å²) in [6.07, 6.45) is 0. The molecule has 4 nitrogen and oxygen atoms in total. The van der Waals surface area contributed by atoms with Gasteiger partial charge in [-0.05, 0) is 49.4 Å². The van der Waals surface area contributed by atoms with Crippen molar-refractivity contribution in [3.05, 3.63) is 19.9 Å². The van der Waals surface area contributed by atoms with Gasteiger partial charge in [-0.3, -0.25) is 9.59 Å². The van der Waals surface area contributed by atoms with Gasteiger partial charge in [0, 0.05) is 10.9 Å². The molecule has 1 aromatic heterocycles. The minimum atomic E-state index is -1.00. The topological polar surface area (TPSA) is 57.6 Å². The molecule has 1 rings (SSSR count). The first-order chi connectivity index (χ1) is 7.71. The maximum atomic E-state index is 12.2. The SMILES string of the molecule is CC(C)(C)N(CC(=O)O)C(=O)c1csc(I)c1. The predicted molar refractivity (Wildman–Crippen MR) is 75.5 cm³/mol. The van der Waals surface area contributed by atoms with Gasteiger partial charge in [0.25, 0.3) is 5.91 Å². The van der Waals surface area contributed by atoms with Crippen LogP contribution >= 0.6 is 33.9 Å². The van der Waals surface area contributed by atoms with E-state index in [0.29, 0.717) is 5.56 Å². The van der Waals surface area contributed by atoms with E-state index in [1.54, 1.807) is 11.4 Å². The van der Waals surface area contributed by atoms with E-state index >= 15 is 0 Å². The fourth-order valence-electron chi connectivity index (χ4n) is 1.33. The second-order valence-corrected chi connectivity index (χ2v) is 7.40. The van der Waals surface area contributed by atoms with Crippen molar-refractivity contribution in [2.45, 2.75) is 26.3 Å². The number of thiophene rings is 1. The van der Waals surface area contributed by atoms with E-state index in [1.807, 2.05) is 20.8 Å². The van der Waals surface area contributed by atoms with Gasteiger partial charge < -0.3 is 10.0 Å². The molecule has 94 valence electrons. The molecule has 0 bridgehead atoms. The monoisotopic (exact) mass is 367 g/mol. The van der Waals surface area contributed by atoms with Crippen LogP contribution in [0, 0.1) is 2.88 Å². The van der Waals surface area contributed by atoms with Crippen LogP contribution in [0.1, 0.15) is 31.1 Å². The van der Waals surface area contributed by atoms with E-state index in [-0.39, 0.29) is 12.5 Å². The molecule has 0 aliphatic heterocycles. The molecule has 1 amide bonds. The zero-order valence-corrected chi connectivity index (χ0v) is 12.8. The van der Waals surface area contributed by atoms with Gasteiger partial charge in [0.05, 0.1) is 8.45 Å². The second kappa shape index (κ2) is 5.34. The van der Waals surface area contributed by atoms with Gasteiger partial charge in [0.1, 0.15) is 6.54 Å². The number of carboxylic acids is 1. The Bertz CT molecular complexity index is 436. The van der Waals surface area contributed by atoms with Crippen LogP contribution in [0.2, 0.25) is 0 Å². The molecule has 0 aliphatic carbocycles. The van der Waals surface area contributed by atoms with Gasteiger partial charge in [-0.1, -0.05) is 0 Å². The fraction of sp³-hybridized carbons (Fsp3) is 0.455. The number of carbonyl (C=O) groups is 2. The molecule has 0 aromatic carbocycles. The summed E-state index contributed by atoms with van der Waals surface area (Å²) in [5.41, 5.74) is 0.0404. The number of carboxylic acid groups (broad SMARTS) is 1. The zero-order valence-electron chi connectivity index (χ0n) is 9.86. The molecule has 0 unspecified atom stereocenters. The summed E-state index contributed by atoms with van der Waals surface area (Å²) in [7, 11) is 0. The number of hydrogen-bond donors (Lipinski definition) is 1. The quantitative estimate of drug-likeness (QED) is 0.836. The Labute approximate surface area is 118 Å². The Kier molecular flexibility index (Phi) is 4.54. The van der Waals surface area contributed by atoms with E-state index in [1.165, 1.54) is 16.2 Å². The minimum absolute atomic E-state index is 0.237. The highest BCUT2D eigenvalue weighted by Gasteiger charge is 2.29. The summed E-state index contributed by atoms with van der Waals surface area (Å²) in [4.78, 5) is 24.4. The van der Waals surface area contributed by atoms with Gasteiger partial charge in [-0.25, -0.2) is 0 Å². The second-order valence-electron chi connectivity index (χ2n) is 4.60. The number of amides is 1. The van der Waals surface area contributed by atoms with Crippen molar-refractivity contribution in [3.63, 3.8) is 0 Å². The van der Waals surface area contributed by atoms with E-state index in [4.69, 9.17) is 5.11 Å². The van der Waals surface area contributed by atoms with Gasteiger partial charge in [-0.15, -0.1) is 11.3 Å². The van der Waals surface area contributed by atoms with Crippen LogP contribution in [0.5, 0.6) is 0 Å². The highest BCUT2D eigenvalue weighted by atomic mass is 127. The van der Waals surface area contributed by atoms with Gasteiger partial charge >= 0.3 is 5.97 Å². The maximum Gasteiger partial charge on any atom is 0.323 e. The van der Waals surface area contributed by atoms with E-state index in [2.05, 4.69) is 22.6 Å². The molecule has 1 N–H and O–H groups in total. The number of nitrogens with zero attached hydrogens (tertiary/aromatic N) is 1. The molecule has 0 spiro atoms. The average molecular weight is 367 g/mol. The number of hydrogen-bond acceptors (Lipinski definition) is 3. The van der Waals surface area contributed by atoms with Gasteiger partial charge in [-0.2, -0.15) is 0 Å². The summed E-state index contributed by atoms with van der Waals surface area (Å²) >= 11 is 3.61. The summed E-state index contributed by atoms with van der Waals surface area (Å²) < 4.78 is 1.01. The Balaban J connectivity index is 2.99. The predicted octanol–water partition coefficient (Wildman–Crippen LogP) is 2.68. The first-order valence-corrected chi connectivity index (χ1v) is 6.95. The van der Waals surface area contributed by atoms with Gasteiger partial charge in [0.2, 0.25) is 0 Å². The lowest BCUT2D eigenvalue weighted by Crippen LogP contribution is -2.48. The molecule has 6 heteroatoms. The molecule has 17 heavy (non-hydrogen) atoms. The third-order valence-electron chi connectivity index (χ3n) is 2.16. The Morgan fingerprint density at radius 3 is 2.41 bits per heavy atom. The van der Waals surface area contributed by atoms with Crippen molar-refractivity contribution in [1.82, 2.24) is 4.90 Å². The smallest absolute Gasteiger partial charge is 0.323 e. The van der Waals surface area contributed by atoms with Crippen molar-refractivity contribution in [2.24, 2.45) is 0 Å². The summed E-state index contributed by atoms with van der Waals surface area (Å²) in [6.45, 7) is 5.19. The Hall–Kier alpha value is -0.630. The molecule has 0 atom stereocenters. The van der Waals surface area contributed by atoms with E-state index < -0.39 is 11.5 Å². The minimum Gasteiger partial charge on any atom is -0.480 e. The van der Waals surface area contributed by atoms with Crippen LogP contribution in [0.25, 0.3) is 0 Å². The van der Waals surface area contributed by atoms with E-state index in [0.717, 1.165) is 2.88 Å². The normalized spacial score (nSPS) is 11.3. The Morgan fingerprint density at radius 1 is 1.47 bits per heavy atom. The van der Waals surface area contributed by atoms with Crippen LogP contribution in [0.3, 0.4) is 0 Å². The van der Waals surface area contributed by atoms with E-state index in [9.17, 15) is 9.59 Å². The largest absolute Gasteiger partial charge is 0.480 e. The van der Waals surface area contributed by atoms with Crippen LogP contribution < -0.4 is 0 Å². The summed E-state index contributed by atoms with van der Waals surface area (Å²) in [5, 5.41) is 10.6. The van der Waals surface area contributed by atoms with Crippen molar-refractivity contribution in [3.8, 4) is 0 Å². The molecule has 0 radical (unpaired) electrons. The van der Waals surface area contributed by atoms with Crippen LogP contribution in [0.4, 0.5) is 0 Å². The van der Waals surface area contributed by atoms with Gasteiger partial charge in [0.15, 0.2) is 0 Å². The lowest BCUT2D eigenvalue weighted by Gasteiger charge is -2.34. The number of rotatable bonds is 3. The molecule has 0 aliphatic rings. The Morgan fingerprint density at radius 2 is 2.06 bits per heavy atom. The van der Waals surface area contributed by atoms with Crippen LogP contribution in [0.15, 0.2) is 11.4 Å². The molecule has 0 saturated heterocycles. The van der Waals surface area contributed by atoms with Crippen LogP contribution in [-0.2, 0) is 4.79 Å². The number of halogens is 1. The molecular formula is C11H14INO3S. The standard InChI is InChI=1S/C11H14INO3S/c1-11(2,3)13(5-9(14)15)10(16)7-4-8(12)17-6-7/h4,6H,5H2,1-3H3,(H,14,15). The fourth-order valence-corrected chi connectivity index (χ4v) is 2.65. The lowest BCUT2D eigenvalue weighted by atomic mass is 10.0. The molecule has 0 saturated carbocycles. The number of aliphatic carboxylic acids is 1. The average Bonchev–Trinajstić information content (AvgIpc) is 2.58. The summed E-state index contributed by atoms with van der Waals surface area (Å²) in [6, 6.07) is 1.77. The molecular weight excluding hydrogens is 353 g/mol. The summed E-state index contributed by atoms with van der Waals surface area (Å²) in [5.74, 6) is -1.24. The molecule has 1 heterocycles. The third kappa shape index (κ3) is 3.95. The van der Waals surface area contributed by atoms with Crippen molar-refractivity contribution in [2.75, 3.05) is 6.54 Å². The third-order valence-corrected chi connectivity index (χ3v) is 3.95. The van der Waals surface area contributed by atoms with Crippen LogP contribution in [-0.4, -0.2) is 34.0 Å². The van der Waals surface area contributed by atoms with Crippen molar-refractivity contribution in [1.29, 1.82) is 0 Å². The first kappa shape index (κ1) is 14.4. The first-order valence-electron chi connectivity index (χ1n) is 4.99. The lowest BCUT2D eigenvalue weighted by molar-refractivity contribution is -0.138. The maximum absolute atomic E-state index is 12.2. The zero-order chi connectivity index (χ0) is 13.2. The molecule has 1 aromatic rings. The van der Waals surface area contributed by atoms with Crippen molar-refractivity contribution < 1.29 is 14.7 Å². The highest BCUT2D eigenvalue weighted by molar-refractivity contribution is 14.1. The number of carbonyl (C=O) groups excluding carboxylic acids is 1. The highest BCUT2D eigenvalue weighted by Crippen LogP contribution is 2.22. The van der Waals surface area contributed by atoms with Crippen molar-refractivity contribution >= 4 is 45.8 Å².